The van der Waals surface area contributed by atoms with Gasteiger partial charge in [-0.3, -0.25) is 0 Å². The van der Waals surface area contributed by atoms with Crippen LogP contribution in [0.3, 0.4) is 0 Å². The van der Waals surface area contributed by atoms with Gasteiger partial charge < -0.3 is 14.4 Å². The summed E-state index contributed by atoms with van der Waals surface area (Å²) in [6, 6.07) is 0. The maximum Gasteiger partial charge on any atom is 0.0893 e. The number of fused-ring (bicyclic) bond motifs is 3. The first-order chi connectivity index (χ1) is 8.36. The third-order valence-electron chi connectivity index (χ3n) is 4.38. The van der Waals surface area contributed by atoms with Crippen molar-refractivity contribution in [3.8, 4) is 0 Å². The van der Waals surface area contributed by atoms with Crippen molar-refractivity contribution >= 4 is 0 Å². The first-order valence-corrected chi connectivity index (χ1v) is 7.02. The molecule has 2 bridgehead atoms. The van der Waals surface area contributed by atoms with Crippen LogP contribution in [-0.4, -0.2) is 43.9 Å². The van der Waals surface area contributed by atoms with Crippen molar-refractivity contribution in [2.24, 2.45) is 11.8 Å². The van der Waals surface area contributed by atoms with E-state index >= 15 is 0 Å². The van der Waals surface area contributed by atoms with Gasteiger partial charge >= 0.3 is 0 Å². The van der Waals surface area contributed by atoms with E-state index in [1.807, 2.05) is 0 Å². The molecule has 4 rings (SSSR count). The molecule has 3 nitrogen and oxygen atoms in total. The molecule has 2 atom stereocenters. The van der Waals surface area contributed by atoms with E-state index in [0.717, 1.165) is 25.7 Å². The van der Waals surface area contributed by atoms with Gasteiger partial charge in [0.25, 0.3) is 0 Å². The molecule has 0 aromatic carbocycles. The molecular weight excluding hydrogens is 214 g/mol. The summed E-state index contributed by atoms with van der Waals surface area (Å²) in [7, 11) is 0. The van der Waals surface area contributed by atoms with E-state index in [9.17, 15) is 0 Å². The maximum atomic E-state index is 5.75. The Labute approximate surface area is 104 Å². The Bertz CT molecular complexity index is 295. The van der Waals surface area contributed by atoms with Crippen molar-refractivity contribution in [2.75, 3.05) is 32.9 Å². The summed E-state index contributed by atoms with van der Waals surface area (Å²) in [5.74, 6) is 1.42. The van der Waals surface area contributed by atoms with Gasteiger partial charge in [-0.15, -0.1) is 0 Å². The molecule has 0 radical (unpaired) electrons. The number of piperidine rings is 3. The van der Waals surface area contributed by atoms with Crippen molar-refractivity contribution < 1.29 is 9.47 Å². The van der Waals surface area contributed by atoms with E-state index in [4.69, 9.17) is 9.47 Å². The largest absolute Gasteiger partial charge is 0.378 e. The fraction of sp³-hybridized carbons (Fsp3) is 0.857. The molecule has 0 aromatic heterocycles. The van der Waals surface area contributed by atoms with E-state index in [1.165, 1.54) is 32.4 Å². The lowest BCUT2D eigenvalue weighted by Crippen LogP contribution is -2.40. The summed E-state index contributed by atoms with van der Waals surface area (Å²) in [6.45, 7) is 7.00. The van der Waals surface area contributed by atoms with E-state index < -0.39 is 0 Å². The number of rotatable bonds is 3. The van der Waals surface area contributed by atoms with Crippen molar-refractivity contribution in [1.82, 2.24) is 4.90 Å². The number of hydrogen-bond acceptors (Lipinski definition) is 3. The van der Waals surface area contributed by atoms with Gasteiger partial charge in [-0.1, -0.05) is 6.08 Å². The van der Waals surface area contributed by atoms with Gasteiger partial charge in [0.2, 0.25) is 0 Å². The number of hydrogen-bond donors (Lipinski definition) is 0. The molecule has 96 valence electrons. The topological polar surface area (TPSA) is 21.7 Å². The Morgan fingerprint density at radius 1 is 1.35 bits per heavy atom. The Kier molecular flexibility index (Phi) is 3.39. The third-order valence-corrected chi connectivity index (χ3v) is 4.38. The van der Waals surface area contributed by atoms with Gasteiger partial charge in [0.15, 0.2) is 0 Å². The summed E-state index contributed by atoms with van der Waals surface area (Å²) in [6.07, 6.45) is 6.81. The third kappa shape index (κ3) is 2.36. The lowest BCUT2D eigenvalue weighted by atomic mass is 9.85. The molecule has 4 fully saturated rings. The summed E-state index contributed by atoms with van der Waals surface area (Å²) in [5, 5.41) is 0. The monoisotopic (exact) mass is 237 g/mol. The molecule has 0 aromatic rings. The average molecular weight is 237 g/mol. The minimum atomic E-state index is 0.286. The van der Waals surface area contributed by atoms with Gasteiger partial charge in [0.05, 0.1) is 19.3 Å². The molecule has 4 heterocycles. The highest BCUT2D eigenvalue weighted by Crippen LogP contribution is 2.35. The average Bonchev–Trinajstić information content (AvgIpc) is 2.79. The van der Waals surface area contributed by atoms with E-state index in [0.29, 0.717) is 5.92 Å². The van der Waals surface area contributed by atoms with Crippen LogP contribution in [0.2, 0.25) is 0 Å². The van der Waals surface area contributed by atoms with Crippen LogP contribution in [0.5, 0.6) is 0 Å². The minimum Gasteiger partial charge on any atom is -0.378 e. The highest BCUT2D eigenvalue weighted by atomic mass is 16.5. The number of nitrogens with zero attached hydrogens (tertiary/aromatic N) is 1. The number of allylic oxidation sites excluding steroid dienone is 1. The molecule has 0 N–H and O–H groups in total. The second-order valence-electron chi connectivity index (χ2n) is 5.49. The molecule has 17 heavy (non-hydrogen) atoms. The zero-order valence-corrected chi connectivity index (χ0v) is 10.7. The van der Waals surface area contributed by atoms with Crippen molar-refractivity contribution in [1.29, 1.82) is 0 Å². The first kappa shape index (κ1) is 11.5. The van der Waals surface area contributed by atoms with Crippen molar-refractivity contribution in [3.63, 3.8) is 0 Å². The Balaban J connectivity index is 1.68. The van der Waals surface area contributed by atoms with Crippen LogP contribution in [0.1, 0.15) is 26.2 Å². The quantitative estimate of drug-likeness (QED) is 0.750. The Hall–Kier alpha value is -0.540. The highest BCUT2D eigenvalue weighted by molar-refractivity contribution is 5.12. The summed E-state index contributed by atoms with van der Waals surface area (Å²) < 4.78 is 11.3. The van der Waals surface area contributed by atoms with E-state index in [1.54, 1.807) is 5.70 Å². The molecular formula is C14H23NO2. The van der Waals surface area contributed by atoms with Crippen LogP contribution in [0, 0.1) is 11.8 Å². The van der Waals surface area contributed by atoms with Gasteiger partial charge in [0.1, 0.15) is 0 Å². The van der Waals surface area contributed by atoms with E-state index in [-0.39, 0.29) is 6.10 Å². The van der Waals surface area contributed by atoms with Gasteiger partial charge in [-0.25, -0.2) is 0 Å². The normalized spacial score (nSPS) is 36.1. The smallest absolute Gasteiger partial charge is 0.0893 e. The van der Waals surface area contributed by atoms with Crippen LogP contribution < -0.4 is 0 Å². The fourth-order valence-electron chi connectivity index (χ4n) is 3.36. The van der Waals surface area contributed by atoms with E-state index in [2.05, 4.69) is 17.9 Å². The van der Waals surface area contributed by atoms with Crippen LogP contribution in [0.4, 0.5) is 0 Å². The van der Waals surface area contributed by atoms with Gasteiger partial charge in [0, 0.05) is 31.3 Å². The molecule has 4 aliphatic rings. The molecule has 0 amide bonds. The van der Waals surface area contributed by atoms with Crippen LogP contribution >= 0.6 is 0 Å². The standard InChI is InChI=1S/C14H23NO2/c1-2-17-14-10-16-9-12(14)8-13-7-11-3-5-15(13)6-4-11/h8,11-12,14H,2-7,9-10H2,1H3/b13-8+. The van der Waals surface area contributed by atoms with Crippen molar-refractivity contribution in [3.05, 3.63) is 11.8 Å². The van der Waals surface area contributed by atoms with Crippen molar-refractivity contribution in [2.45, 2.75) is 32.3 Å². The molecule has 0 spiro atoms. The molecule has 4 aliphatic heterocycles. The molecule has 0 saturated carbocycles. The lowest BCUT2D eigenvalue weighted by molar-refractivity contribution is 0.0404. The summed E-state index contributed by atoms with van der Waals surface area (Å²) in [4.78, 5) is 2.57. The van der Waals surface area contributed by atoms with Crippen LogP contribution in [0.15, 0.2) is 11.8 Å². The SMILES string of the molecule is CCOC1COCC1/C=C1\CC2CCN1CC2. The van der Waals surface area contributed by atoms with Crippen LogP contribution in [0.25, 0.3) is 0 Å². The minimum absolute atomic E-state index is 0.286. The Morgan fingerprint density at radius 2 is 2.18 bits per heavy atom. The van der Waals surface area contributed by atoms with Crippen LogP contribution in [-0.2, 0) is 9.47 Å². The summed E-state index contributed by atoms with van der Waals surface area (Å²) in [5.41, 5.74) is 1.56. The second-order valence-corrected chi connectivity index (χ2v) is 5.49. The Morgan fingerprint density at radius 3 is 2.82 bits per heavy atom. The predicted octanol–water partition coefficient (Wildman–Crippen LogP) is 2.04. The highest BCUT2D eigenvalue weighted by Gasteiger charge is 2.32. The van der Waals surface area contributed by atoms with Gasteiger partial charge in [-0.05, 0) is 32.1 Å². The van der Waals surface area contributed by atoms with Gasteiger partial charge in [-0.2, -0.15) is 0 Å². The molecule has 4 saturated heterocycles. The zero-order chi connectivity index (χ0) is 11.7. The summed E-state index contributed by atoms with van der Waals surface area (Å²) >= 11 is 0. The molecule has 0 aliphatic carbocycles. The first-order valence-electron chi connectivity index (χ1n) is 7.02. The molecule has 3 heteroatoms. The fourth-order valence-corrected chi connectivity index (χ4v) is 3.36. The lowest BCUT2D eigenvalue weighted by Gasteiger charge is -2.43. The number of ether oxygens (including phenoxy) is 2. The predicted molar refractivity (Wildman–Crippen MR) is 66.7 cm³/mol. The molecule has 2 unspecified atom stereocenters. The zero-order valence-electron chi connectivity index (χ0n) is 10.7. The maximum absolute atomic E-state index is 5.75. The second kappa shape index (κ2) is 4.99.